The Labute approximate surface area is 237 Å². The number of carbonyl (C=O) groups is 3. The molecule has 2 bridgehead atoms. The molecule has 2 aromatic rings. The molecule has 0 aromatic heterocycles. The van der Waals surface area contributed by atoms with E-state index in [4.69, 9.17) is 27.9 Å². The molecule has 3 amide bonds. The van der Waals surface area contributed by atoms with Crippen LogP contribution in [0.3, 0.4) is 0 Å². The summed E-state index contributed by atoms with van der Waals surface area (Å²) in [5.41, 5.74) is 0.284. The van der Waals surface area contributed by atoms with Crippen molar-refractivity contribution in [2.75, 3.05) is 11.9 Å². The fraction of sp³-hybridized carbons (Fsp3) is 0.433. The molecule has 0 radical (unpaired) electrons. The van der Waals surface area contributed by atoms with Crippen LogP contribution in [0.1, 0.15) is 37.7 Å². The molecule has 9 heteroatoms. The molecule has 2 saturated heterocycles. The highest BCUT2D eigenvalue weighted by Gasteiger charge is 2.72. The third kappa shape index (κ3) is 4.75. The van der Waals surface area contributed by atoms with E-state index in [2.05, 4.69) is 10.6 Å². The zero-order chi connectivity index (χ0) is 27.1. The fourth-order valence-electron chi connectivity index (χ4n) is 6.74. The maximum atomic E-state index is 14.1. The van der Waals surface area contributed by atoms with Crippen LogP contribution in [0.25, 0.3) is 0 Å². The average Bonchev–Trinajstić information content (AvgIpc) is 3.57. The van der Waals surface area contributed by atoms with Crippen molar-refractivity contribution in [3.05, 3.63) is 76.3 Å². The SMILES string of the molecule is O=C(Nc1ccc(Cl)cc1)[C@@H]1[C@@H]2C=C[C@]3(O2)[C@@H]1C(=O)N(CCc1ccccc1Cl)[C@@H]3C(=O)NC1CCCCC1. The van der Waals surface area contributed by atoms with Crippen molar-refractivity contribution >= 4 is 46.6 Å². The van der Waals surface area contributed by atoms with E-state index < -0.39 is 29.6 Å². The number of carbonyl (C=O) groups excluding carboxylic acids is 3. The molecule has 4 aliphatic rings. The molecule has 3 heterocycles. The summed E-state index contributed by atoms with van der Waals surface area (Å²) in [5, 5.41) is 7.30. The molecular weight excluding hydrogens is 537 g/mol. The molecule has 1 spiro atoms. The van der Waals surface area contributed by atoms with E-state index in [-0.39, 0.29) is 30.3 Å². The van der Waals surface area contributed by atoms with Gasteiger partial charge in [0.1, 0.15) is 11.6 Å². The van der Waals surface area contributed by atoms with E-state index in [9.17, 15) is 14.4 Å². The predicted octanol–water partition coefficient (Wildman–Crippen LogP) is 4.77. The molecule has 7 nitrogen and oxygen atoms in total. The van der Waals surface area contributed by atoms with Gasteiger partial charge in [0.05, 0.1) is 17.9 Å². The van der Waals surface area contributed by atoms with Gasteiger partial charge in [-0.05, 0) is 55.2 Å². The van der Waals surface area contributed by atoms with E-state index in [1.807, 2.05) is 36.4 Å². The van der Waals surface area contributed by atoms with Gasteiger partial charge in [-0.2, -0.15) is 0 Å². The van der Waals surface area contributed by atoms with Crippen molar-refractivity contribution in [3.8, 4) is 0 Å². The van der Waals surface area contributed by atoms with E-state index in [1.165, 1.54) is 6.42 Å². The molecule has 1 aliphatic carbocycles. The van der Waals surface area contributed by atoms with Crippen molar-refractivity contribution in [1.82, 2.24) is 10.2 Å². The fourth-order valence-corrected chi connectivity index (χ4v) is 7.09. The van der Waals surface area contributed by atoms with Crippen LogP contribution >= 0.6 is 23.2 Å². The predicted molar refractivity (Wildman–Crippen MR) is 149 cm³/mol. The zero-order valence-electron chi connectivity index (χ0n) is 21.4. The van der Waals surface area contributed by atoms with E-state index in [1.54, 1.807) is 29.2 Å². The highest BCUT2D eigenvalue weighted by atomic mass is 35.5. The molecule has 3 aliphatic heterocycles. The third-order valence-corrected chi connectivity index (χ3v) is 9.19. The van der Waals surface area contributed by atoms with Crippen LogP contribution < -0.4 is 10.6 Å². The van der Waals surface area contributed by atoms with Gasteiger partial charge in [0.25, 0.3) is 0 Å². The number of hydrogen-bond acceptors (Lipinski definition) is 4. The first-order valence-electron chi connectivity index (χ1n) is 13.7. The van der Waals surface area contributed by atoms with Crippen LogP contribution in [-0.2, 0) is 25.5 Å². The summed E-state index contributed by atoms with van der Waals surface area (Å²) in [6, 6.07) is 13.5. The molecule has 0 unspecified atom stereocenters. The van der Waals surface area contributed by atoms with Crippen molar-refractivity contribution in [2.45, 2.75) is 62.3 Å². The third-order valence-electron chi connectivity index (χ3n) is 8.57. The van der Waals surface area contributed by atoms with E-state index >= 15 is 0 Å². The van der Waals surface area contributed by atoms with E-state index in [0.29, 0.717) is 22.2 Å². The number of rotatable bonds is 7. The van der Waals surface area contributed by atoms with Crippen molar-refractivity contribution in [3.63, 3.8) is 0 Å². The van der Waals surface area contributed by atoms with Gasteiger partial charge in [0, 0.05) is 28.3 Å². The van der Waals surface area contributed by atoms with Crippen LogP contribution in [0.2, 0.25) is 10.0 Å². The number of nitrogens with zero attached hydrogens (tertiary/aromatic N) is 1. The van der Waals surface area contributed by atoms with Crippen molar-refractivity contribution in [2.24, 2.45) is 11.8 Å². The van der Waals surface area contributed by atoms with Crippen LogP contribution in [-0.4, -0.2) is 53.0 Å². The number of fused-ring (bicyclic) bond motifs is 1. The number of nitrogens with one attached hydrogen (secondary N) is 2. The van der Waals surface area contributed by atoms with Crippen molar-refractivity contribution in [1.29, 1.82) is 0 Å². The van der Waals surface area contributed by atoms with Gasteiger partial charge in [0.2, 0.25) is 17.7 Å². The second-order valence-corrected chi connectivity index (χ2v) is 11.8. The van der Waals surface area contributed by atoms with Crippen LogP contribution in [0, 0.1) is 11.8 Å². The minimum absolute atomic E-state index is 0.0776. The summed E-state index contributed by atoms with van der Waals surface area (Å²) in [6.07, 6.45) is 8.73. The molecule has 6 rings (SSSR count). The number of benzene rings is 2. The number of hydrogen-bond donors (Lipinski definition) is 2. The smallest absolute Gasteiger partial charge is 0.246 e. The van der Waals surface area contributed by atoms with Gasteiger partial charge in [-0.15, -0.1) is 0 Å². The lowest BCUT2D eigenvalue weighted by Crippen LogP contribution is -2.56. The van der Waals surface area contributed by atoms with E-state index in [0.717, 1.165) is 31.2 Å². The first kappa shape index (κ1) is 26.4. The summed E-state index contributed by atoms with van der Waals surface area (Å²) in [4.78, 5) is 43.2. The quantitative estimate of drug-likeness (QED) is 0.471. The summed E-state index contributed by atoms with van der Waals surface area (Å²) in [5.74, 6) is -2.33. The van der Waals surface area contributed by atoms with Gasteiger partial charge in [-0.1, -0.05) is 72.8 Å². The first-order chi connectivity index (χ1) is 18.9. The molecule has 2 N–H and O–H groups in total. The van der Waals surface area contributed by atoms with Crippen LogP contribution in [0.4, 0.5) is 5.69 Å². The zero-order valence-corrected chi connectivity index (χ0v) is 23.0. The first-order valence-corrected chi connectivity index (χ1v) is 14.4. The maximum absolute atomic E-state index is 14.1. The molecule has 5 atom stereocenters. The van der Waals surface area contributed by atoms with Gasteiger partial charge >= 0.3 is 0 Å². The summed E-state index contributed by atoms with van der Waals surface area (Å²) < 4.78 is 6.43. The molecule has 2 aromatic carbocycles. The molecule has 1 saturated carbocycles. The van der Waals surface area contributed by atoms with Crippen LogP contribution in [0.5, 0.6) is 0 Å². The average molecular weight is 569 g/mol. The normalized spacial score (nSPS) is 29.5. The lowest BCUT2D eigenvalue weighted by molar-refractivity contribution is -0.141. The van der Waals surface area contributed by atoms with Gasteiger partial charge in [-0.3, -0.25) is 14.4 Å². The lowest BCUT2D eigenvalue weighted by atomic mass is 9.74. The summed E-state index contributed by atoms with van der Waals surface area (Å²) in [6.45, 7) is 0.289. The molecule has 204 valence electrons. The lowest BCUT2D eigenvalue weighted by Gasteiger charge is -2.34. The van der Waals surface area contributed by atoms with Gasteiger partial charge in [-0.25, -0.2) is 0 Å². The second-order valence-electron chi connectivity index (χ2n) is 10.9. The minimum atomic E-state index is -1.19. The molecule has 39 heavy (non-hydrogen) atoms. The monoisotopic (exact) mass is 567 g/mol. The Kier molecular flexibility index (Phi) is 7.16. The summed E-state index contributed by atoms with van der Waals surface area (Å²) >= 11 is 12.4. The number of likely N-dealkylation sites (tertiary alicyclic amines) is 1. The highest BCUT2D eigenvalue weighted by Crippen LogP contribution is 2.55. The standard InChI is InChI=1S/C30H31Cl2N3O4/c31-19-10-12-21(13-11-19)33-27(36)24-23-14-16-30(39-23)25(24)29(38)35(17-15-18-6-4-5-9-22(18)32)26(30)28(37)34-20-7-2-1-3-8-20/h4-6,9-14,16,20,23-26H,1-3,7-8,15,17H2,(H,33,36)(H,34,37)/t23-,24+,25-,26+,30-/m0/s1. The topological polar surface area (TPSA) is 87.7 Å². The number of ether oxygens (including phenoxy) is 1. The summed E-state index contributed by atoms with van der Waals surface area (Å²) in [7, 11) is 0. The Morgan fingerprint density at radius 3 is 2.49 bits per heavy atom. The second kappa shape index (κ2) is 10.6. The maximum Gasteiger partial charge on any atom is 0.246 e. The number of amides is 3. The number of anilines is 1. The Morgan fingerprint density at radius 2 is 1.74 bits per heavy atom. The highest BCUT2D eigenvalue weighted by molar-refractivity contribution is 6.31. The molecule has 3 fully saturated rings. The minimum Gasteiger partial charge on any atom is -0.359 e. The Bertz CT molecular complexity index is 1310. The molecular formula is C30H31Cl2N3O4. The van der Waals surface area contributed by atoms with Crippen LogP contribution in [0.15, 0.2) is 60.7 Å². The number of halogens is 2. The van der Waals surface area contributed by atoms with Gasteiger partial charge < -0.3 is 20.3 Å². The Hall–Kier alpha value is -2.87. The largest absolute Gasteiger partial charge is 0.359 e. The Morgan fingerprint density at radius 1 is 1.00 bits per heavy atom. The van der Waals surface area contributed by atoms with Gasteiger partial charge in [0.15, 0.2) is 0 Å². The van der Waals surface area contributed by atoms with Crippen molar-refractivity contribution < 1.29 is 19.1 Å². The Balaban J connectivity index is 1.29.